The van der Waals surface area contributed by atoms with Gasteiger partial charge in [0.1, 0.15) is 5.82 Å². The lowest BCUT2D eigenvalue weighted by molar-refractivity contribution is 0.131. The number of hydrogen-bond acceptors (Lipinski definition) is 2. The summed E-state index contributed by atoms with van der Waals surface area (Å²) in [6.07, 6.45) is 1.23. The van der Waals surface area contributed by atoms with E-state index in [1.54, 1.807) is 12.1 Å². The molecule has 1 aliphatic rings. The van der Waals surface area contributed by atoms with Crippen LogP contribution in [0.1, 0.15) is 38.8 Å². The van der Waals surface area contributed by atoms with Crippen molar-refractivity contribution >= 4 is 0 Å². The second kappa shape index (κ2) is 6.23. The lowest BCUT2D eigenvalue weighted by atomic mass is 9.87. The molecular formula is C17H27FN2. The quantitative estimate of drug-likeness (QED) is 0.887. The van der Waals surface area contributed by atoms with E-state index in [2.05, 4.69) is 38.0 Å². The van der Waals surface area contributed by atoms with Gasteiger partial charge in [0.25, 0.3) is 0 Å². The largest absolute Gasteiger partial charge is 0.316 e. The predicted octanol–water partition coefficient (Wildman–Crippen LogP) is 3.45. The van der Waals surface area contributed by atoms with Crippen LogP contribution in [-0.2, 0) is 0 Å². The van der Waals surface area contributed by atoms with E-state index in [0.29, 0.717) is 17.4 Å². The molecule has 0 radical (unpaired) electrons. The minimum absolute atomic E-state index is 0.161. The number of halogens is 1. The first-order valence-electron chi connectivity index (χ1n) is 7.58. The molecule has 1 aliphatic heterocycles. The fraction of sp³-hybridized carbons (Fsp3) is 0.647. The number of nitrogens with zero attached hydrogens (tertiary/aromatic N) is 1. The molecular weight excluding hydrogens is 251 g/mol. The Hall–Kier alpha value is -0.930. The van der Waals surface area contributed by atoms with Gasteiger partial charge >= 0.3 is 0 Å². The van der Waals surface area contributed by atoms with E-state index in [1.807, 2.05) is 12.1 Å². The first kappa shape index (κ1) is 15.5. The van der Waals surface area contributed by atoms with Gasteiger partial charge in [-0.3, -0.25) is 4.90 Å². The zero-order valence-corrected chi connectivity index (χ0v) is 13.1. The molecule has 1 heterocycles. The van der Waals surface area contributed by atoms with E-state index in [9.17, 15) is 4.39 Å². The van der Waals surface area contributed by atoms with Crippen LogP contribution in [0.15, 0.2) is 24.3 Å². The highest BCUT2D eigenvalue weighted by Gasteiger charge is 2.32. The zero-order chi connectivity index (χ0) is 14.8. The highest BCUT2D eigenvalue weighted by atomic mass is 19.1. The summed E-state index contributed by atoms with van der Waals surface area (Å²) in [6.45, 7) is 10.1. The van der Waals surface area contributed by atoms with Crippen molar-refractivity contribution in [3.63, 3.8) is 0 Å². The predicted molar refractivity (Wildman–Crippen MR) is 82.2 cm³/mol. The summed E-state index contributed by atoms with van der Waals surface area (Å²) in [5.74, 6) is 0.342. The van der Waals surface area contributed by atoms with Gasteiger partial charge in [0, 0.05) is 19.1 Å². The van der Waals surface area contributed by atoms with Gasteiger partial charge in [0.05, 0.1) is 0 Å². The Morgan fingerprint density at radius 3 is 2.45 bits per heavy atom. The van der Waals surface area contributed by atoms with Crippen LogP contribution in [0.3, 0.4) is 0 Å². The van der Waals surface area contributed by atoms with Crippen molar-refractivity contribution in [3.8, 4) is 0 Å². The molecule has 1 saturated heterocycles. The molecule has 2 nitrogen and oxygen atoms in total. The molecule has 1 N–H and O–H groups in total. The molecule has 112 valence electrons. The summed E-state index contributed by atoms with van der Waals surface area (Å²) < 4.78 is 13.1. The van der Waals surface area contributed by atoms with Crippen LogP contribution in [0.2, 0.25) is 0 Å². The van der Waals surface area contributed by atoms with Crippen LogP contribution in [0, 0.1) is 17.2 Å². The molecule has 20 heavy (non-hydrogen) atoms. The van der Waals surface area contributed by atoms with Gasteiger partial charge in [-0.05, 0) is 49.0 Å². The summed E-state index contributed by atoms with van der Waals surface area (Å²) >= 11 is 0. The summed E-state index contributed by atoms with van der Waals surface area (Å²) in [5, 5.41) is 3.46. The highest BCUT2D eigenvalue weighted by molar-refractivity contribution is 5.20. The average Bonchev–Trinajstić information content (AvgIpc) is 2.78. The molecule has 3 heteroatoms. The minimum Gasteiger partial charge on any atom is -0.316 e. The van der Waals surface area contributed by atoms with Crippen molar-refractivity contribution < 1.29 is 4.39 Å². The SMILES string of the molecule is CC(C)C(c1ccc(F)cc1)N(C)CC1(C)CCNC1. The number of rotatable bonds is 5. The first-order valence-corrected chi connectivity index (χ1v) is 7.58. The molecule has 0 amide bonds. The average molecular weight is 278 g/mol. The van der Waals surface area contributed by atoms with Gasteiger partial charge in [0.2, 0.25) is 0 Å². The molecule has 0 bridgehead atoms. The van der Waals surface area contributed by atoms with Crippen LogP contribution >= 0.6 is 0 Å². The van der Waals surface area contributed by atoms with Crippen molar-refractivity contribution in [1.29, 1.82) is 0 Å². The molecule has 1 aromatic carbocycles. The Bertz CT molecular complexity index is 421. The van der Waals surface area contributed by atoms with E-state index >= 15 is 0 Å². The van der Waals surface area contributed by atoms with Crippen LogP contribution in [-0.4, -0.2) is 31.6 Å². The van der Waals surface area contributed by atoms with Crippen LogP contribution < -0.4 is 5.32 Å². The van der Waals surface area contributed by atoms with Crippen molar-refractivity contribution in [1.82, 2.24) is 10.2 Å². The van der Waals surface area contributed by atoms with Gasteiger partial charge in [-0.2, -0.15) is 0 Å². The monoisotopic (exact) mass is 278 g/mol. The molecule has 1 aromatic rings. The van der Waals surface area contributed by atoms with Crippen LogP contribution in [0.5, 0.6) is 0 Å². The Kier molecular flexibility index (Phi) is 4.82. The summed E-state index contributed by atoms with van der Waals surface area (Å²) in [7, 11) is 2.19. The Labute approximate surface area is 122 Å². The Morgan fingerprint density at radius 1 is 1.30 bits per heavy atom. The van der Waals surface area contributed by atoms with Gasteiger partial charge in [0.15, 0.2) is 0 Å². The maximum atomic E-state index is 13.1. The summed E-state index contributed by atoms with van der Waals surface area (Å²) in [4.78, 5) is 2.44. The van der Waals surface area contributed by atoms with E-state index in [-0.39, 0.29) is 5.82 Å². The zero-order valence-electron chi connectivity index (χ0n) is 13.1. The third-order valence-electron chi connectivity index (χ3n) is 4.41. The molecule has 0 aromatic heterocycles. The smallest absolute Gasteiger partial charge is 0.123 e. The normalized spacial score (nSPS) is 24.6. The lowest BCUT2D eigenvalue weighted by Crippen LogP contribution is -2.38. The molecule has 0 saturated carbocycles. The van der Waals surface area contributed by atoms with Crippen molar-refractivity contribution in [2.24, 2.45) is 11.3 Å². The molecule has 0 spiro atoms. The molecule has 2 rings (SSSR count). The van der Waals surface area contributed by atoms with Gasteiger partial charge in [-0.25, -0.2) is 4.39 Å². The van der Waals surface area contributed by atoms with E-state index < -0.39 is 0 Å². The molecule has 2 atom stereocenters. The van der Waals surface area contributed by atoms with Crippen molar-refractivity contribution in [3.05, 3.63) is 35.6 Å². The topological polar surface area (TPSA) is 15.3 Å². The van der Waals surface area contributed by atoms with E-state index in [1.165, 1.54) is 12.0 Å². The lowest BCUT2D eigenvalue weighted by Gasteiger charge is -2.37. The third kappa shape index (κ3) is 3.58. The van der Waals surface area contributed by atoms with Crippen LogP contribution in [0.4, 0.5) is 4.39 Å². The Balaban J connectivity index is 2.13. The van der Waals surface area contributed by atoms with Crippen LogP contribution in [0.25, 0.3) is 0 Å². The number of benzene rings is 1. The summed E-state index contributed by atoms with van der Waals surface area (Å²) in [6, 6.07) is 7.32. The van der Waals surface area contributed by atoms with Crippen molar-refractivity contribution in [2.45, 2.75) is 33.2 Å². The highest BCUT2D eigenvalue weighted by Crippen LogP contribution is 2.33. The Morgan fingerprint density at radius 2 is 1.95 bits per heavy atom. The number of hydrogen-bond donors (Lipinski definition) is 1. The van der Waals surface area contributed by atoms with Crippen molar-refractivity contribution in [2.75, 3.05) is 26.7 Å². The maximum absolute atomic E-state index is 13.1. The van der Waals surface area contributed by atoms with Gasteiger partial charge in [-0.15, -0.1) is 0 Å². The van der Waals surface area contributed by atoms with Gasteiger partial charge < -0.3 is 5.32 Å². The molecule has 1 fully saturated rings. The minimum atomic E-state index is -0.161. The third-order valence-corrected chi connectivity index (χ3v) is 4.41. The first-order chi connectivity index (χ1) is 9.41. The maximum Gasteiger partial charge on any atom is 0.123 e. The second-order valence-corrected chi connectivity index (χ2v) is 6.89. The number of nitrogens with one attached hydrogen (secondary N) is 1. The molecule has 0 aliphatic carbocycles. The van der Waals surface area contributed by atoms with E-state index in [0.717, 1.165) is 19.6 Å². The molecule has 2 unspecified atom stereocenters. The fourth-order valence-corrected chi connectivity index (χ4v) is 3.51. The standard InChI is InChI=1S/C17H27FN2/c1-13(2)16(14-5-7-15(18)8-6-14)20(4)12-17(3)9-10-19-11-17/h5-8,13,16,19H,9-12H2,1-4H3. The fourth-order valence-electron chi connectivity index (χ4n) is 3.51. The van der Waals surface area contributed by atoms with Gasteiger partial charge in [-0.1, -0.05) is 32.9 Å². The summed E-state index contributed by atoms with van der Waals surface area (Å²) in [5.41, 5.74) is 1.56. The second-order valence-electron chi connectivity index (χ2n) is 6.89. The van der Waals surface area contributed by atoms with E-state index in [4.69, 9.17) is 0 Å².